The molecule has 12 rings (SSSR count). The highest BCUT2D eigenvalue weighted by Gasteiger charge is 2.31. The van der Waals surface area contributed by atoms with E-state index in [4.69, 9.17) is 4.98 Å². The summed E-state index contributed by atoms with van der Waals surface area (Å²) in [7, 11) is 0. The molecular weight excluding hydrogens is 741 g/mol. The highest BCUT2D eigenvalue weighted by molar-refractivity contribution is 6.36. The Bertz CT molecular complexity index is 3690. The Morgan fingerprint density at radius 1 is 0.410 bits per heavy atom. The van der Waals surface area contributed by atoms with Crippen LogP contribution in [-0.4, -0.2) is 13.8 Å². The van der Waals surface area contributed by atoms with Gasteiger partial charge in [0.2, 0.25) is 0 Å². The van der Waals surface area contributed by atoms with Crippen LogP contribution in [0.15, 0.2) is 140 Å². The normalized spacial score (nSPS) is 13.3. The summed E-state index contributed by atoms with van der Waals surface area (Å²) >= 11 is 0. The van der Waals surface area contributed by atoms with Gasteiger partial charge in [0, 0.05) is 59.9 Å². The number of hydrogen-bond acceptors (Lipinski definition) is 2. The Kier molecular flexibility index (Phi) is 7.13. The molecule has 0 unspecified atom stereocenters. The third kappa shape index (κ3) is 4.96. The summed E-state index contributed by atoms with van der Waals surface area (Å²) in [6, 6.07) is 50.0. The maximum Gasteiger partial charge on any atom is 0.146 e. The quantitative estimate of drug-likeness (QED) is 0.178. The van der Waals surface area contributed by atoms with E-state index in [1.165, 1.54) is 92.6 Å². The molecule has 0 radical (unpaired) electrons. The predicted octanol–water partition coefficient (Wildman–Crippen LogP) is 15.9. The van der Waals surface area contributed by atoms with Gasteiger partial charge in [-0.2, -0.15) is 0 Å². The number of pyridine rings is 1. The fourth-order valence-electron chi connectivity index (χ4n) is 10.4. The lowest BCUT2D eigenvalue weighted by Gasteiger charge is -2.29. The summed E-state index contributed by atoms with van der Waals surface area (Å²) in [5.41, 5.74) is 14.3. The van der Waals surface area contributed by atoms with E-state index in [1.54, 1.807) is 0 Å². The minimum absolute atomic E-state index is 0.0526. The van der Waals surface area contributed by atoms with Gasteiger partial charge in [-0.25, -0.2) is 4.98 Å². The van der Waals surface area contributed by atoms with Gasteiger partial charge in [0.1, 0.15) is 5.65 Å². The molecular formula is C57H50N4. The zero-order chi connectivity index (χ0) is 41.9. The predicted molar refractivity (Wildman–Crippen MR) is 262 cm³/mol. The van der Waals surface area contributed by atoms with Gasteiger partial charge in [-0.05, 0) is 99.0 Å². The van der Waals surface area contributed by atoms with E-state index < -0.39 is 0 Å². The van der Waals surface area contributed by atoms with Crippen molar-refractivity contribution in [3.05, 3.63) is 156 Å². The second-order valence-electron chi connectivity index (χ2n) is 20.6. The largest absolute Gasteiger partial charge is 0.308 e. The van der Waals surface area contributed by atoms with E-state index in [9.17, 15) is 0 Å². The van der Waals surface area contributed by atoms with Crippen LogP contribution in [-0.2, 0) is 16.2 Å². The van der Waals surface area contributed by atoms with Gasteiger partial charge in [-0.1, -0.05) is 135 Å². The van der Waals surface area contributed by atoms with Crippen molar-refractivity contribution >= 4 is 104 Å². The number of rotatable bonds is 3. The second kappa shape index (κ2) is 12.0. The molecule has 0 atom stereocenters. The van der Waals surface area contributed by atoms with Gasteiger partial charge in [0.05, 0.1) is 39.5 Å². The molecule has 0 bridgehead atoms. The molecule has 12 aromatic rings. The zero-order valence-electron chi connectivity index (χ0n) is 36.6. The molecule has 0 aliphatic carbocycles. The topological polar surface area (TPSA) is 24.9 Å². The van der Waals surface area contributed by atoms with Crippen LogP contribution >= 0.6 is 0 Å². The average Bonchev–Trinajstić information content (AvgIpc) is 3.96. The maximum absolute atomic E-state index is 5.60. The van der Waals surface area contributed by atoms with Crippen molar-refractivity contribution in [3.8, 4) is 0 Å². The SMILES string of the molecule is CC(C)(C)c1cc(N(c2ccccc2)c2ccccc2)c2c(c1)c1cc(C(C)(C)C)cc3c4c5c6cc(C(C)(C)C)cc7c8ccc9ccccc9c8n(c5ncc4n2c13)c76. The van der Waals surface area contributed by atoms with E-state index in [-0.39, 0.29) is 16.2 Å². The van der Waals surface area contributed by atoms with Crippen LogP contribution in [0.4, 0.5) is 17.1 Å². The molecule has 61 heavy (non-hydrogen) atoms. The van der Waals surface area contributed by atoms with Crippen LogP contribution in [0.2, 0.25) is 0 Å². The Balaban J connectivity index is 1.35. The summed E-state index contributed by atoms with van der Waals surface area (Å²) in [5.74, 6) is 0. The van der Waals surface area contributed by atoms with Crippen LogP contribution in [0.5, 0.6) is 0 Å². The van der Waals surface area contributed by atoms with E-state index >= 15 is 0 Å². The van der Waals surface area contributed by atoms with E-state index in [2.05, 4.69) is 216 Å². The molecule has 0 spiro atoms. The van der Waals surface area contributed by atoms with Crippen LogP contribution in [0.3, 0.4) is 0 Å². The van der Waals surface area contributed by atoms with E-state index in [1.807, 2.05) is 0 Å². The average molecular weight is 791 g/mol. The molecule has 4 nitrogen and oxygen atoms in total. The first kappa shape index (κ1) is 36.2. The molecule has 298 valence electrons. The lowest BCUT2D eigenvalue weighted by Crippen LogP contribution is -2.15. The third-order valence-electron chi connectivity index (χ3n) is 13.6. The molecule has 0 saturated carbocycles. The van der Waals surface area contributed by atoms with Crippen molar-refractivity contribution in [1.82, 2.24) is 13.8 Å². The molecule has 0 N–H and O–H groups in total. The molecule has 0 aliphatic rings. The van der Waals surface area contributed by atoms with Gasteiger partial charge >= 0.3 is 0 Å². The second-order valence-corrected chi connectivity index (χ2v) is 20.6. The number of para-hydroxylation sites is 2. The first-order valence-electron chi connectivity index (χ1n) is 21.8. The standard InChI is InChI=1S/C57H50N4/c1-55(2,3)34-26-41-40-25-24-33-18-16-17-23-39(33)50(40)61-52(41)45(30-34)49-48-44-29-35(56(4,5)6)27-42-43-28-36(57(7,8)9)31-46(53(43)60(51(42)44)47(48)32-58-54(49)61)59(37-19-12-10-13-20-37)38-21-14-11-15-22-38/h10-32H,1-9H3. The number of aromatic nitrogens is 3. The fourth-order valence-corrected chi connectivity index (χ4v) is 10.4. The molecule has 5 aromatic heterocycles. The Labute approximate surface area is 356 Å². The molecule has 5 heterocycles. The lowest BCUT2D eigenvalue weighted by atomic mass is 9.83. The minimum atomic E-state index is -0.0882. The summed E-state index contributed by atoms with van der Waals surface area (Å²) in [4.78, 5) is 8.06. The van der Waals surface area contributed by atoms with Crippen molar-refractivity contribution in [2.24, 2.45) is 0 Å². The molecule has 7 aromatic carbocycles. The van der Waals surface area contributed by atoms with Crippen LogP contribution in [0, 0.1) is 0 Å². The number of benzene rings is 7. The lowest BCUT2D eigenvalue weighted by molar-refractivity contribution is 0.591. The monoisotopic (exact) mass is 790 g/mol. The Hall–Kier alpha value is -6.65. The summed E-state index contributed by atoms with van der Waals surface area (Å²) in [6.45, 7) is 21.1. The van der Waals surface area contributed by atoms with E-state index in [0.29, 0.717) is 0 Å². The van der Waals surface area contributed by atoms with Crippen LogP contribution < -0.4 is 4.90 Å². The van der Waals surface area contributed by atoms with Gasteiger partial charge in [-0.15, -0.1) is 0 Å². The highest BCUT2D eigenvalue weighted by Crippen LogP contribution is 2.52. The molecule has 4 heteroatoms. The Morgan fingerprint density at radius 2 is 0.885 bits per heavy atom. The third-order valence-corrected chi connectivity index (χ3v) is 13.6. The van der Waals surface area contributed by atoms with E-state index in [0.717, 1.165) is 28.2 Å². The van der Waals surface area contributed by atoms with Crippen molar-refractivity contribution < 1.29 is 0 Å². The molecule has 0 fully saturated rings. The van der Waals surface area contributed by atoms with Gasteiger partial charge in [0.15, 0.2) is 0 Å². The van der Waals surface area contributed by atoms with Gasteiger partial charge < -0.3 is 9.30 Å². The van der Waals surface area contributed by atoms with Crippen molar-refractivity contribution in [2.75, 3.05) is 4.90 Å². The van der Waals surface area contributed by atoms with Gasteiger partial charge in [-0.3, -0.25) is 4.40 Å². The first-order chi connectivity index (χ1) is 29.2. The van der Waals surface area contributed by atoms with Crippen LogP contribution in [0.25, 0.3) is 87.1 Å². The number of fused-ring (bicyclic) bond motifs is 15. The van der Waals surface area contributed by atoms with Gasteiger partial charge in [0.25, 0.3) is 0 Å². The number of anilines is 3. The number of nitrogens with zero attached hydrogens (tertiary/aromatic N) is 4. The summed E-state index contributed by atoms with van der Waals surface area (Å²) < 4.78 is 5.07. The fraction of sp³-hybridized carbons (Fsp3) is 0.211. The first-order valence-corrected chi connectivity index (χ1v) is 21.8. The smallest absolute Gasteiger partial charge is 0.146 e. The summed E-state index contributed by atoms with van der Waals surface area (Å²) in [5, 5.41) is 12.7. The summed E-state index contributed by atoms with van der Waals surface area (Å²) in [6.07, 6.45) is 2.18. The number of hydrogen-bond donors (Lipinski definition) is 0. The van der Waals surface area contributed by atoms with Crippen molar-refractivity contribution in [2.45, 2.75) is 78.6 Å². The maximum atomic E-state index is 5.60. The van der Waals surface area contributed by atoms with Crippen LogP contribution in [0.1, 0.15) is 79.0 Å². The molecule has 0 saturated heterocycles. The van der Waals surface area contributed by atoms with Crippen molar-refractivity contribution in [1.29, 1.82) is 0 Å². The highest BCUT2D eigenvalue weighted by atomic mass is 15.2. The Morgan fingerprint density at radius 3 is 1.49 bits per heavy atom. The van der Waals surface area contributed by atoms with Crippen molar-refractivity contribution in [3.63, 3.8) is 0 Å². The molecule has 0 amide bonds. The minimum Gasteiger partial charge on any atom is -0.308 e. The zero-order valence-corrected chi connectivity index (χ0v) is 36.6. The molecule has 0 aliphatic heterocycles.